The number of hydrogen-bond acceptors (Lipinski definition) is 5. The molecule has 3 aromatic heterocycles. The standard InChI is InChI=1S/C23H21FN6O/c24-18-5-1-3-16(13-18)8-11-26-22-19(6-7-20(29-22)21-9-12-28-30-21)23(31)27-15-17-4-2-10-25-14-17/h1-7,9-10,12-14H,8,11,15H2,(H,26,29)(H,27,31)(H,28,30). The molecule has 31 heavy (non-hydrogen) atoms. The topological polar surface area (TPSA) is 95.6 Å². The second kappa shape index (κ2) is 9.62. The largest absolute Gasteiger partial charge is 0.369 e. The minimum Gasteiger partial charge on any atom is -0.369 e. The maximum atomic E-state index is 13.4. The molecule has 1 aromatic carbocycles. The van der Waals surface area contributed by atoms with Gasteiger partial charge in [0.25, 0.3) is 5.91 Å². The molecule has 4 rings (SSSR count). The predicted octanol–water partition coefficient (Wildman–Crippen LogP) is 3.59. The minimum absolute atomic E-state index is 0.249. The van der Waals surface area contributed by atoms with Gasteiger partial charge in [0.1, 0.15) is 11.6 Å². The first-order chi connectivity index (χ1) is 15.2. The molecule has 0 aliphatic carbocycles. The number of rotatable bonds is 8. The van der Waals surface area contributed by atoms with Gasteiger partial charge in [-0.25, -0.2) is 9.37 Å². The highest BCUT2D eigenvalue weighted by molar-refractivity contribution is 5.99. The molecule has 7 nitrogen and oxygen atoms in total. The van der Waals surface area contributed by atoms with E-state index in [9.17, 15) is 9.18 Å². The van der Waals surface area contributed by atoms with Crippen LogP contribution in [0, 0.1) is 5.82 Å². The van der Waals surface area contributed by atoms with Gasteiger partial charge in [0.05, 0.1) is 17.0 Å². The molecule has 3 N–H and O–H groups in total. The fourth-order valence-corrected chi connectivity index (χ4v) is 3.12. The van der Waals surface area contributed by atoms with Crippen LogP contribution in [-0.2, 0) is 13.0 Å². The molecule has 8 heteroatoms. The van der Waals surface area contributed by atoms with Gasteiger partial charge in [0.2, 0.25) is 0 Å². The molecule has 0 saturated carbocycles. The fourth-order valence-electron chi connectivity index (χ4n) is 3.12. The first-order valence-electron chi connectivity index (χ1n) is 9.85. The number of halogens is 1. The van der Waals surface area contributed by atoms with Crippen molar-refractivity contribution in [2.75, 3.05) is 11.9 Å². The van der Waals surface area contributed by atoms with E-state index in [1.165, 1.54) is 12.1 Å². The van der Waals surface area contributed by atoms with Gasteiger partial charge in [-0.15, -0.1) is 0 Å². The van der Waals surface area contributed by atoms with E-state index in [0.717, 1.165) is 16.8 Å². The Labute approximate surface area is 178 Å². The van der Waals surface area contributed by atoms with Gasteiger partial charge in [-0.1, -0.05) is 18.2 Å². The molecule has 3 heterocycles. The van der Waals surface area contributed by atoms with Gasteiger partial charge in [0, 0.05) is 31.7 Å². The van der Waals surface area contributed by atoms with Crippen molar-refractivity contribution in [3.63, 3.8) is 0 Å². The summed E-state index contributed by atoms with van der Waals surface area (Å²) in [4.78, 5) is 21.5. The molecule has 4 aromatic rings. The fraction of sp³-hybridized carbons (Fsp3) is 0.130. The van der Waals surface area contributed by atoms with Crippen molar-refractivity contribution >= 4 is 11.7 Å². The van der Waals surface area contributed by atoms with Crippen LogP contribution in [0.1, 0.15) is 21.5 Å². The number of anilines is 1. The summed E-state index contributed by atoms with van der Waals surface area (Å²) in [6.45, 7) is 0.851. The third kappa shape index (κ3) is 5.30. The van der Waals surface area contributed by atoms with Crippen molar-refractivity contribution in [2.45, 2.75) is 13.0 Å². The Morgan fingerprint density at radius 1 is 1.03 bits per heavy atom. The Bertz CT molecular complexity index is 1150. The van der Waals surface area contributed by atoms with Gasteiger partial charge >= 0.3 is 0 Å². The summed E-state index contributed by atoms with van der Waals surface area (Å²) in [5, 5.41) is 12.9. The number of pyridine rings is 2. The molecule has 1 amide bonds. The average molecular weight is 416 g/mol. The highest BCUT2D eigenvalue weighted by Crippen LogP contribution is 2.20. The Morgan fingerprint density at radius 2 is 1.94 bits per heavy atom. The van der Waals surface area contributed by atoms with Crippen molar-refractivity contribution < 1.29 is 9.18 Å². The maximum absolute atomic E-state index is 13.4. The first-order valence-corrected chi connectivity index (χ1v) is 9.85. The van der Waals surface area contributed by atoms with E-state index in [-0.39, 0.29) is 11.7 Å². The Kier molecular flexibility index (Phi) is 6.27. The van der Waals surface area contributed by atoms with E-state index in [4.69, 9.17) is 0 Å². The summed E-state index contributed by atoms with van der Waals surface area (Å²) < 4.78 is 13.4. The number of hydrogen-bond donors (Lipinski definition) is 3. The smallest absolute Gasteiger partial charge is 0.255 e. The highest BCUT2D eigenvalue weighted by atomic mass is 19.1. The highest BCUT2D eigenvalue weighted by Gasteiger charge is 2.15. The predicted molar refractivity (Wildman–Crippen MR) is 116 cm³/mol. The van der Waals surface area contributed by atoms with Gasteiger partial charge in [-0.05, 0) is 53.9 Å². The van der Waals surface area contributed by atoms with Crippen LogP contribution in [0.3, 0.4) is 0 Å². The lowest BCUT2D eigenvalue weighted by Gasteiger charge is -2.13. The minimum atomic E-state index is -0.271. The van der Waals surface area contributed by atoms with Crippen LogP contribution in [-0.4, -0.2) is 32.6 Å². The lowest BCUT2D eigenvalue weighted by Crippen LogP contribution is -2.24. The van der Waals surface area contributed by atoms with Crippen LogP contribution in [0.5, 0.6) is 0 Å². The number of benzene rings is 1. The van der Waals surface area contributed by atoms with Gasteiger partial charge in [-0.2, -0.15) is 5.10 Å². The van der Waals surface area contributed by atoms with Gasteiger partial charge in [-0.3, -0.25) is 14.9 Å². The summed E-state index contributed by atoms with van der Waals surface area (Å²) in [5.74, 6) is -0.0692. The molecule has 156 valence electrons. The molecule has 0 atom stereocenters. The van der Waals surface area contributed by atoms with Gasteiger partial charge in [0.15, 0.2) is 0 Å². The third-order valence-electron chi connectivity index (χ3n) is 4.69. The van der Waals surface area contributed by atoms with Crippen LogP contribution in [0.25, 0.3) is 11.4 Å². The van der Waals surface area contributed by atoms with Crippen molar-refractivity contribution in [2.24, 2.45) is 0 Å². The zero-order valence-electron chi connectivity index (χ0n) is 16.7. The zero-order valence-corrected chi connectivity index (χ0v) is 16.7. The van der Waals surface area contributed by atoms with Crippen molar-refractivity contribution in [1.29, 1.82) is 0 Å². The molecule has 0 fully saturated rings. The number of amides is 1. The molecule has 0 radical (unpaired) electrons. The monoisotopic (exact) mass is 416 g/mol. The molecule has 0 bridgehead atoms. The molecular formula is C23H21FN6O. The van der Waals surface area contributed by atoms with Crippen molar-refractivity contribution in [1.82, 2.24) is 25.5 Å². The molecular weight excluding hydrogens is 395 g/mol. The zero-order chi connectivity index (χ0) is 21.5. The van der Waals surface area contributed by atoms with Crippen LogP contribution in [0.4, 0.5) is 10.2 Å². The van der Waals surface area contributed by atoms with E-state index >= 15 is 0 Å². The summed E-state index contributed by atoms with van der Waals surface area (Å²) in [6.07, 6.45) is 5.62. The average Bonchev–Trinajstić information content (AvgIpc) is 3.33. The number of nitrogens with one attached hydrogen (secondary N) is 3. The molecule has 0 aliphatic rings. The first kappa shape index (κ1) is 20.2. The van der Waals surface area contributed by atoms with Gasteiger partial charge < -0.3 is 10.6 Å². The molecule has 0 saturated heterocycles. The number of aromatic amines is 1. The Morgan fingerprint density at radius 3 is 2.71 bits per heavy atom. The van der Waals surface area contributed by atoms with Crippen LogP contribution in [0.2, 0.25) is 0 Å². The molecule has 0 spiro atoms. The molecule has 0 aliphatic heterocycles. The van der Waals surface area contributed by atoms with E-state index < -0.39 is 0 Å². The maximum Gasteiger partial charge on any atom is 0.255 e. The quantitative estimate of drug-likeness (QED) is 0.408. The number of carbonyl (C=O) groups is 1. The second-order valence-corrected chi connectivity index (χ2v) is 6.91. The number of H-pyrrole nitrogens is 1. The van der Waals surface area contributed by atoms with E-state index in [1.807, 2.05) is 18.2 Å². The second-order valence-electron chi connectivity index (χ2n) is 6.91. The lowest BCUT2D eigenvalue weighted by atomic mass is 10.1. The van der Waals surface area contributed by atoms with Crippen LogP contribution < -0.4 is 10.6 Å². The van der Waals surface area contributed by atoms with Crippen molar-refractivity contribution in [3.05, 3.63) is 95.7 Å². The third-order valence-corrected chi connectivity index (χ3v) is 4.69. The lowest BCUT2D eigenvalue weighted by molar-refractivity contribution is 0.0951. The Balaban J connectivity index is 1.51. The summed E-state index contributed by atoms with van der Waals surface area (Å²) >= 11 is 0. The summed E-state index contributed by atoms with van der Waals surface area (Å²) in [6, 6.07) is 15.5. The Hall–Kier alpha value is -4.07. The van der Waals surface area contributed by atoms with E-state index in [0.29, 0.717) is 36.6 Å². The van der Waals surface area contributed by atoms with E-state index in [2.05, 4.69) is 30.8 Å². The number of nitrogens with zero attached hydrogens (tertiary/aromatic N) is 3. The normalized spacial score (nSPS) is 10.6. The summed E-state index contributed by atoms with van der Waals surface area (Å²) in [7, 11) is 0. The van der Waals surface area contributed by atoms with Crippen molar-refractivity contribution in [3.8, 4) is 11.4 Å². The van der Waals surface area contributed by atoms with E-state index in [1.54, 1.807) is 42.9 Å². The number of aromatic nitrogens is 4. The SMILES string of the molecule is O=C(NCc1cccnc1)c1ccc(-c2ccn[nH]2)nc1NCCc1cccc(F)c1. The van der Waals surface area contributed by atoms with Crippen LogP contribution in [0.15, 0.2) is 73.2 Å². The molecule has 0 unspecified atom stereocenters. The number of carbonyl (C=O) groups excluding carboxylic acids is 1. The summed E-state index contributed by atoms with van der Waals surface area (Å²) in [5.41, 5.74) is 3.59. The van der Waals surface area contributed by atoms with Crippen LogP contribution >= 0.6 is 0 Å².